The summed E-state index contributed by atoms with van der Waals surface area (Å²) in [5.41, 5.74) is 2.88. The first-order valence-electron chi connectivity index (χ1n) is 13.3. The molecule has 4 heteroatoms. The zero-order chi connectivity index (χ0) is 26.3. The van der Waals surface area contributed by atoms with Crippen LogP contribution in [0.4, 0.5) is 0 Å². The number of hydrogen-bond acceptors (Lipinski definition) is 3. The molecule has 2 aliphatic carbocycles. The van der Waals surface area contributed by atoms with Gasteiger partial charge in [-0.1, -0.05) is 85.5 Å². The molecular weight excluding hydrogens is 446 g/mol. The highest BCUT2D eigenvalue weighted by Gasteiger charge is 2.52. The number of nitrogens with one attached hydrogen (secondary N) is 1. The number of benzene rings is 1. The average Bonchev–Trinajstić information content (AvgIpc) is 3.10. The van der Waals surface area contributed by atoms with Gasteiger partial charge in [0.2, 0.25) is 0 Å². The summed E-state index contributed by atoms with van der Waals surface area (Å²) in [6.45, 7) is 12.9. The number of ketones is 1. The van der Waals surface area contributed by atoms with Gasteiger partial charge in [-0.05, 0) is 69.4 Å². The second kappa shape index (κ2) is 9.97. The third-order valence-electron chi connectivity index (χ3n) is 8.69. The van der Waals surface area contributed by atoms with Gasteiger partial charge in [-0.15, -0.1) is 0 Å². The van der Waals surface area contributed by atoms with E-state index in [0.29, 0.717) is 5.92 Å². The Morgan fingerprint density at radius 3 is 2.53 bits per heavy atom. The number of allylic oxidation sites excluding steroid dienone is 6. The summed E-state index contributed by atoms with van der Waals surface area (Å²) in [6, 6.07) is 9.54. The normalized spacial score (nSPS) is 35.0. The van der Waals surface area contributed by atoms with Crippen molar-refractivity contribution in [3.8, 4) is 0 Å². The van der Waals surface area contributed by atoms with E-state index in [9.17, 15) is 14.7 Å². The minimum absolute atomic E-state index is 0.0598. The van der Waals surface area contributed by atoms with Gasteiger partial charge >= 0.3 is 0 Å². The second-order valence-electron chi connectivity index (χ2n) is 11.8. The maximum Gasteiger partial charge on any atom is 0.257 e. The lowest BCUT2D eigenvalue weighted by Crippen LogP contribution is -2.48. The number of carbonyl (C=O) groups excluding carboxylic acids is 2. The topological polar surface area (TPSA) is 66.4 Å². The van der Waals surface area contributed by atoms with Crippen molar-refractivity contribution < 1.29 is 14.7 Å². The summed E-state index contributed by atoms with van der Waals surface area (Å²) in [4.78, 5) is 27.5. The van der Waals surface area contributed by atoms with Gasteiger partial charge in [0.15, 0.2) is 11.5 Å². The molecule has 1 aromatic carbocycles. The predicted molar refractivity (Wildman–Crippen MR) is 145 cm³/mol. The lowest BCUT2D eigenvalue weighted by Gasteiger charge is -2.52. The molecule has 1 aromatic rings. The molecule has 1 amide bonds. The van der Waals surface area contributed by atoms with Crippen LogP contribution in [0.15, 0.2) is 76.9 Å². The quantitative estimate of drug-likeness (QED) is 0.290. The van der Waals surface area contributed by atoms with Gasteiger partial charge in [0.05, 0.1) is 5.57 Å². The number of fused-ring (bicyclic) bond motifs is 1. The fraction of sp³-hybridized carbons (Fsp3) is 0.500. The monoisotopic (exact) mass is 487 g/mol. The van der Waals surface area contributed by atoms with Gasteiger partial charge in [0.25, 0.3) is 5.91 Å². The smallest absolute Gasteiger partial charge is 0.257 e. The van der Waals surface area contributed by atoms with Gasteiger partial charge in [-0.2, -0.15) is 0 Å². The lowest BCUT2D eigenvalue weighted by molar-refractivity contribution is -0.129. The Morgan fingerprint density at radius 2 is 1.86 bits per heavy atom. The Labute approximate surface area is 216 Å². The number of aliphatic hydroxyl groups is 1. The molecular formula is C32H41NO3. The van der Waals surface area contributed by atoms with E-state index >= 15 is 0 Å². The molecule has 192 valence electrons. The Morgan fingerprint density at radius 1 is 1.17 bits per heavy atom. The van der Waals surface area contributed by atoms with Crippen LogP contribution in [-0.4, -0.2) is 22.5 Å². The highest BCUT2D eigenvalue weighted by atomic mass is 16.3. The molecule has 1 aliphatic heterocycles. The molecule has 4 nitrogen and oxygen atoms in total. The molecule has 4 rings (SSSR count). The lowest BCUT2D eigenvalue weighted by atomic mass is 9.52. The molecule has 0 unspecified atom stereocenters. The Hall–Kier alpha value is -2.72. The third kappa shape index (κ3) is 5.06. The molecule has 1 saturated carbocycles. The van der Waals surface area contributed by atoms with Gasteiger partial charge < -0.3 is 10.4 Å². The minimum atomic E-state index is -1.56. The van der Waals surface area contributed by atoms with Gasteiger partial charge in [-0.3, -0.25) is 9.59 Å². The van der Waals surface area contributed by atoms with Gasteiger partial charge in [-0.25, -0.2) is 0 Å². The van der Waals surface area contributed by atoms with E-state index in [0.717, 1.165) is 36.0 Å². The minimum Gasteiger partial charge on any atom is -0.367 e. The molecule has 36 heavy (non-hydrogen) atoms. The van der Waals surface area contributed by atoms with Crippen LogP contribution in [0.1, 0.15) is 66.4 Å². The van der Waals surface area contributed by atoms with Crippen LogP contribution < -0.4 is 5.32 Å². The van der Waals surface area contributed by atoms with Crippen LogP contribution in [0.5, 0.6) is 0 Å². The zero-order valence-corrected chi connectivity index (χ0v) is 22.6. The number of carbonyl (C=O) groups is 2. The fourth-order valence-corrected chi connectivity index (χ4v) is 7.16. The molecule has 0 bridgehead atoms. The van der Waals surface area contributed by atoms with Crippen molar-refractivity contribution in [1.82, 2.24) is 5.32 Å². The molecule has 0 aromatic heterocycles. The molecule has 0 radical (unpaired) electrons. The Balaban J connectivity index is 1.76. The summed E-state index contributed by atoms with van der Waals surface area (Å²) < 4.78 is 0. The summed E-state index contributed by atoms with van der Waals surface area (Å²) >= 11 is 0. The number of hydrogen-bond donors (Lipinski definition) is 2. The van der Waals surface area contributed by atoms with Crippen molar-refractivity contribution in [2.75, 3.05) is 0 Å². The van der Waals surface area contributed by atoms with E-state index < -0.39 is 11.6 Å². The van der Waals surface area contributed by atoms with Gasteiger partial charge in [0, 0.05) is 18.3 Å². The molecule has 0 saturated heterocycles. The Bertz CT molecular complexity index is 1160. The van der Waals surface area contributed by atoms with Crippen LogP contribution in [0.2, 0.25) is 0 Å². The van der Waals surface area contributed by atoms with Crippen LogP contribution in [0.25, 0.3) is 0 Å². The molecule has 0 spiro atoms. The van der Waals surface area contributed by atoms with E-state index in [4.69, 9.17) is 0 Å². The summed E-state index contributed by atoms with van der Waals surface area (Å²) in [6.07, 6.45) is 11.5. The maximum absolute atomic E-state index is 14.3. The third-order valence-corrected chi connectivity index (χ3v) is 8.69. The van der Waals surface area contributed by atoms with E-state index in [2.05, 4.69) is 58.2 Å². The van der Waals surface area contributed by atoms with E-state index in [1.807, 2.05) is 37.3 Å². The van der Waals surface area contributed by atoms with Crippen molar-refractivity contribution in [1.29, 1.82) is 0 Å². The van der Waals surface area contributed by atoms with Crippen molar-refractivity contribution in [3.05, 3.63) is 82.5 Å². The van der Waals surface area contributed by atoms with Crippen molar-refractivity contribution in [2.24, 2.45) is 29.1 Å². The van der Waals surface area contributed by atoms with E-state index in [1.165, 1.54) is 11.6 Å². The standard InChI is InChI=1S/C32H41NO3/c1-7-20(2)15-22(4)27-23(5)17-31(6)16-21(3)13-14-26(31)28(27)29(34)25-19-32(36,33-30(25)35)18-24-11-9-8-10-12-24/h7-12,15,17,19,21,26-28,36H,13-14,16,18H2,1-6H3,(H,33,35)/b20-7+,22-15+/t21-,26+,27-,28+,31+,32+/m1/s1. The predicted octanol–water partition coefficient (Wildman–Crippen LogP) is 6.09. The van der Waals surface area contributed by atoms with Crippen LogP contribution in [0.3, 0.4) is 0 Å². The van der Waals surface area contributed by atoms with Gasteiger partial charge in [0.1, 0.15) is 0 Å². The number of rotatable bonds is 6. The first-order valence-corrected chi connectivity index (χ1v) is 13.3. The number of amides is 1. The van der Waals surface area contributed by atoms with Crippen LogP contribution >= 0.6 is 0 Å². The molecule has 1 heterocycles. The highest BCUT2D eigenvalue weighted by Crippen LogP contribution is 2.56. The Kier molecular flexibility index (Phi) is 7.30. The number of Topliss-reactive ketones (excluding diaryl/α,β-unsaturated/α-hetero) is 1. The summed E-state index contributed by atoms with van der Waals surface area (Å²) in [5.74, 6) is -0.234. The molecule has 3 aliphatic rings. The first-order chi connectivity index (χ1) is 17.0. The molecule has 1 fully saturated rings. The van der Waals surface area contributed by atoms with Crippen molar-refractivity contribution in [2.45, 2.75) is 73.0 Å². The SMILES string of the molecule is C/C=C(C)/C=C(\C)[C@@H]1C(C)=C[C@]2(C)C[C@H](C)CC[C@H]2[C@@H]1C(=O)C1=C[C@@](O)(Cc2ccccc2)NC1=O. The van der Waals surface area contributed by atoms with E-state index in [1.54, 1.807) is 0 Å². The first kappa shape index (κ1) is 26.3. The van der Waals surface area contributed by atoms with Crippen molar-refractivity contribution in [3.63, 3.8) is 0 Å². The fourth-order valence-electron chi connectivity index (χ4n) is 7.16. The van der Waals surface area contributed by atoms with Crippen LogP contribution in [-0.2, 0) is 16.0 Å². The summed E-state index contributed by atoms with van der Waals surface area (Å²) in [7, 11) is 0. The zero-order valence-electron chi connectivity index (χ0n) is 22.6. The van der Waals surface area contributed by atoms with Crippen LogP contribution in [0, 0.1) is 29.1 Å². The average molecular weight is 488 g/mol. The second-order valence-corrected chi connectivity index (χ2v) is 11.8. The highest BCUT2D eigenvalue weighted by molar-refractivity contribution is 6.22. The summed E-state index contributed by atoms with van der Waals surface area (Å²) in [5, 5.41) is 13.9. The molecule has 6 atom stereocenters. The van der Waals surface area contributed by atoms with E-state index in [-0.39, 0.29) is 40.9 Å². The largest absolute Gasteiger partial charge is 0.367 e. The molecule has 2 N–H and O–H groups in total. The maximum atomic E-state index is 14.3. The van der Waals surface area contributed by atoms with Crippen molar-refractivity contribution >= 4 is 11.7 Å².